The number of piperidine rings is 1. The highest BCUT2D eigenvalue weighted by atomic mass is 16.2. The monoisotopic (exact) mass is 434 g/mol. The molecule has 2 fully saturated rings. The average molecular weight is 435 g/mol. The third kappa shape index (κ3) is 6.16. The first-order valence-electron chi connectivity index (χ1n) is 11.9. The Hall–Kier alpha value is -2.73. The van der Waals surface area contributed by atoms with Gasteiger partial charge in [0.25, 0.3) is 5.91 Å². The van der Waals surface area contributed by atoms with Crippen molar-refractivity contribution in [3.63, 3.8) is 0 Å². The lowest BCUT2D eigenvalue weighted by Gasteiger charge is -2.32. The zero-order valence-electron chi connectivity index (χ0n) is 19.0. The molecular weight excluding hydrogens is 400 g/mol. The summed E-state index contributed by atoms with van der Waals surface area (Å²) in [6.45, 7) is 4.60. The zero-order valence-corrected chi connectivity index (χ0v) is 19.0. The van der Waals surface area contributed by atoms with Crippen LogP contribution >= 0.6 is 0 Å². The van der Waals surface area contributed by atoms with E-state index in [1.165, 1.54) is 19.3 Å². The first-order chi connectivity index (χ1) is 15.6. The molecule has 1 saturated carbocycles. The summed E-state index contributed by atoms with van der Waals surface area (Å²) in [6, 6.07) is 10.2. The topological polar surface area (TPSA) is 74.3 Å². The van der Waals surface area contributed by atoms with Crippen molar-refractivity contribution in [2.24, 2.45) is 5.92 Å². The van der Waals surface area contributed by atoms with E-state index in [2.05, 4.69) is 26.6 Å². The van der Waals surface area contributed by atoms with E-state index in [9.17, 15) is 9.59 Å². The number of anilines is 1. The second-order valence-corrected chi connectivity index (χ2v) is 9.30. The van der Waals surface area contributed by atoms with Gasteiger partial charge in [0, 0.05) is 36.6 Å². The van der Waals surface area contributed by atoms with Crippen LogP contribution in [0.3, 0.4) is 0 Å². The van der Waals surface area contributed by atoms with Gasteiger partial charge in [0.1, 0.15) is 0 Å². The molecule has 0 unspecified atom stereocenters. The maximum absolute atomic E-state index is 12.6. The van der Waals surface area contributed by atoms with Crippen LogP contribution in [0.25, 0.3) is 0 Å². The smallest absolute Gasteiger partial charge is 0.257 e. The van der Waals surface area contributed by atoms with Crippen molar-refractivity contribution in [3.05, 3.63) is 59.4 Å². The molecule has 2 aromatic rings. The SMILES string of the molecule is Cc1cncc(C(=O)Nc2cccc(CN3CCC(C(=O)NC4CCCCC4)CC3)c2)c1. The number of aromatic nitrogens is 1. The highest BCUT2D eigenvalue weighted by molar-refractivity contribution is 6.04. The van der Waals surface area contributed by atoms with Crippen LogP contribution in [-0.2, 0) is 11.3 Å². The molecular formula is C26H34N4O2. The van der Waals surface area contributed by atoms with Crippen LogP contribution in [0.2, 0.25) is 0 Å². The first-order valence-corrected chi connectivity index (χ1v) is 11.9. The molecule has 170 valence electrons. The minimum atomic E-state index is -0.150. The van der Waals surface area contributed by atoms with Gasteiger partial charge in [0.15, 0.2) is 0 Å². The Kier molecular flexibility index (Phi) is 7.53. The number of aryl methyl sites for hydroxylation is 1. The zero-order chi connectivity index (χ0) is 22.3. The molecule has 0 spiro atoms. The molecule has 1 saturated heterocycles. The van der Waals surface area contributed by atoms with Crippen molar-refractivity contribution in [3.8, 4) is 0 Å². The Balaban J connectivity index is 1.26. The Morgan fingerprint density at radius 3 is 2.56 bits per heavy atom. The standard InChI is InChI=1S/C26H34N4O2/c1-19-14-22(17-27-16-19)26(32)29-24-9-5-6-20(15-24)18-30-12-10-21(11-13-30)25(31)28-23-7-3-2-4-8-23/h5-6,9,14-17,21,23H,2-4,7-8,10-13,18H2,1H3,(H,28,31)(H,29,32). The highest BCUT2D eigenvalue weighted by Crippen LogP contribution is 2.23. The lowest BCUT2D eigenvalue weighted by Crippen LogP contribution is -2.44. The maximum Gasteiger partial charge on any atom is 0.257 e. The Morgan fingerprint density at radius 1 is 1.03 bits per heavy atom. The Morgan fingerprint density at radius 2 is 1.81 bits per heavy atom. The fraction of sp³-hybridized carbons (Fsp3) is 0.500. The van der Waals surface area contributed by atoms with Crippen molar-refractivity contribution in [1.29, 1.82) is 0 Å². The Bertz CT molecular complexity index is 931. The molecule has 2 heterocycles. The van der Waals surface area contributed by atoms with Crippen LogP contribution in [0.4, 0.5) is 5.69 Å². The van der Waals surface area contributed by atoms with E-state index in [-0.39, 0.29) is 17.7 Å². The highest BCUT2D eigenvalue weighted by Gasteiger charge is 2.27. The van der Waals surface area contributed by atoms with E-state index < -0.39 is 0 Å². The second-order valence-electron chi connectivity index (χ2n) is 9.30. The summed E-state index contributed by atoms with van der Waals surface area (Å²) < 4.78 is 0. The van der Waals surface area contributed by atoms with Gasteiger partial charge < -0.3 is 10.6 Å². The van der Waals surface area contributed by atoms with Gasteiger partial charge in [-0.1, -0.05) is 31.4 Å². The van der Waals surface area contributed by atoms with Crippen molar-refractivity contribution in [1.82, 2.24) is 15.2 Å². The second kappa shape index (κ2) is 10.7. The molecule has 1 aliphatic heterocycles. The fourth-order valence-corrected chi connectivity index (χ4v) is 4.81. The van der Waals surface area contributed by atoms with Crippen LogP contribution < -0.4 is 10.6 Å². The van der Waals surface area contributed by atoms with Crippen molar-refractivity contribution >= 4 is 17.5 Å². The third-order valence-corrected chi connectivity index (χ3v) is 6.64. The number of hydrogen-bond donors (Lipinski definition) is 2. The van der Waals surface area contributed by atoms with Gasteiger partial charge in [-0.05, 0) is 75.0 Å². The number of pyridine rings is 1. The molecule has 2 N–H and O–H groups in total. The van der Waals surface area contributed by atoms with Crippen molar-refractivity contribution in [2.45, 2.75) is 64.5 Å². The molecule has 0 atom stereocenters. The van der Waals surface area contributed by atoms with E-state index in [0.29, 0.717) is 11.6 Å². The lowest BCUT2D eigenvalue weighted by atomic mass is 9.92. The average Bonchev–Trinajstić information content (AvgIpc) is 2.80. The number of nitrogens with one attached hydrogen (secondary N) is 2. The van der Waals surface area contributed by atoms with Crippen LogP contribution in [0.1, 0.15) is 66.4 Å². The van der Waals surface area contributed by atoms with Crippen LogP contribution in [0, 0.1) is 12.8 Å². The van der Waals surface area contributed by atoms with E-state index >= 15 is 0 Å². The third-order valence-electron chi connectivity index (χ3n) is 6.64. The molecule has 1 aliphatic carbocycles. The fourth-order valence-electron chi connectivity index (χ4n) is 4.81. The largest absolute Gasteiger partial charge is 0.353 e. The Labute approximate surface area is 190 Å². The van der Waals surface area contributed by atoms with Gasteiger partial charge in [-0.2, -0.15) is 0 Å². The normalized spacial score (nSPS) is 18.3. The number of rotatable bonds is 6. The summed E-state index contributed by atoms with van der Waals surface area (Å²) in [5.41, 5.74) is 3.47. The van der Waals surface area contributed by atoms with Gasteiger partial charge in [-0.25, -0.2) is 0 Å². The molecule has 2 aliphatic rings. The van der Waals surface area contributed by atoms with Gasteiger partial charge in [0.2, 0.25) is 5.91 Å². The van der Waals surface area contributed by atoms with Gasteiger partial charge in [0.05, 0.1) is 5.56 Å². The molecule has 32 heavy (non-hydrogen) atoms. The van der Waals surface area contributed by atoms with E-state index in [1.807, 2.05) is 31.2 Å². The molecule has 4 rings (SSSR count). The number of hydrogen-bond acceptors (Lipinski definition) is 4. The number of carbonyl (C=O) groups is 2. The molecule has 1 aromatic heterocycles. The van der Waals surface area contributed by atoms with Crippen LogP contribution in [-0.4, -0.2) is 40.8 Å². The summed E-state index contributed by atoms with van der Waals surface area (Å²) in [5.74, 6) is 0.247. The number of nitrogens with zero attached hydrogens (tertiary/aromatic N) is 2. The number of amides is 2. The molecule has 0 radical (unpaired) electrons. The van der Waals surface area contributed by atoms with Gasteiger partial charge >= 0.3 is 0 Å². The summed E-state index contributed by atoms with van der Waals surface area (Å²) in [4.78, 5) is 31.6. The first kappa shape index (κ1) is 22.5. The molecule has 0 bridgehead atoms. The lowest BCUT2D eigenvalue weighted by molar-refractivity contribution is -0.127. The van der Waals surface area contributed by atoms with Crippen molar-refractivity contribution < 1.29 is 9.59 Å². The molecule has 6 nitrogen and oxygen atoms in total. The minimum absolute atomic E-state index is 0.140. The van der Waals surface area contributed by atoms with E-state index in [4.69, 9.17) is 0 Å². The summed E-state index contributed by atoms with van der Waals surface area (Å²) in [7, 11) is 0. The van der Waals surface area contributed by atoms with Gasteiger partial charge in [-0.15, -0.1) is 0 Å². The number of carbonyl (C=O) groups excluding carboxylic acids is 2. The number of benzene rings is 1. The molecule has 2 amide bonds. The van der Waals surface area contributed by atoms with Crippen LogP contribution in [0.15, 0.2) is 42.7 Å². The summed E-state index contributed by atoms with van der Waals surface area (Å²) in [6.07, 6.45) is 11.2. The van der Waals surface area contributed by atoms with E-state index in [1.54, 1.807) is 12.4 Å². The maximum atomic E-state index is 12.6. The molecule has 1 aromatic carbocycles. The predicted octanol–water partition coefficient (Wildman–Crippen LogP) is 4.30. The quantitative estimate of drug-likeness (QED) is 0.711. The minimum Gasteiger partial charge on any atom is -0.353 e. The summed E-state index contributed by atoms with van der Waals surface area (Å²) in [5, 5.41) is 6.27. The predicted molar refractivity (Wildman–Crippen MR) is 126 cm³/mol. The van der Waals surface area contributed by atoms with E-state index in [0.717, 1.165) is 62.1 Å². The molecule has 6 heteroatoms. The van der Waals surface area contributed by atoms with Crippen LogP contribution in [0.5, 0.6) is 0 Å². The van der Waals surface area contributed by atoms with Crippen molar-refractivity contribution in [2.75, 3.05) is 18.4 Å². The summed E-state index contributed by atoms with van der Waals surface area (Å²) >= 11 is 0. The number of likely N-dealkylation sites (tertiary alicyclic amines) is 1. The van der Waals surface area contributed by atoms with Gasteiger partial charge in [-0.3, -0.25) is 19.5 Å².